The van der Waals surface area contributed by atoms with Gasteiger partial charge in [-0.25, -0.2) is 0 Å². The Morgan fingerprint density at radius 2 is 2.16 bits per heavy atom. The molecule has 1 aromatic heterocycles. The monoisotopic (exact) mass is 274 g/mol. The molecule has 0 bridgehead atoms. The molecule has 1 N–H and O–H groups in total. The second-order valence-corrected chi connectivity index (χ2v) is 4.90. The summed E-state index contributed by atoms with van der Waals surface area (Å²) in [6, 6.07) is 3.29. The van der Waals surface area contributed by atoms with Gasteiger partial charge in [-0.05, 0) is 44.3 Å². The van der Waals surface area contributed by atoms with Crippen LogP contribution in [0.5, 0.6) is 0 Å². The molecule has 1 unspecified atom stereocenters. The lowest BCUT2D eigenvalue weighted by molar-refractivity contribution is -0.144. The molecule has 1 atom stereocenters. The molecule has 19 heavy (non-hydrogen) atoms. The van der Waals surface area contributed by atoms with E-state index < -0.39 is 17.4 Å². The maximum Gasteiger partial charge on any atom is 0.431 e. The molecule has 3 nitrogen and oxygen atoms in total. The van der Waals surface area contributed by atoms with Crippen LogP contribution in [-0.2, 0) is 12.7 Å². The van der Waals surface area contributed by atoms with Crippen LogP contribution in [0.3, 0.4) is 0 Å². The van der Waals surface area contributed by atoms with Crippen molar-refractivity contribution in [2.45, 2.75) is 32.0 Å². The molecule has 1 fully saturated rings. The number of hydrogen-bond donors (Lipinski definition) is 1. The van der Waals surface area contributed by atoms with Gasteiger partial charge in [-0.15, -0.1) is 0 Å². The van der Waals surface area contributed by atoms with E-state index >= 15 is 0 Å². The Balaban J connectivity index is 2.12. The fraction of sp³-hybridized carbons (Fsp3) is 0.615. The molecule has 0 aromatic carbocycles. The van der Waals surface area contributed by atoms with Gasteiger partial charge in [-0.1, -0.05) is 6.07 Å². The third-order valence-electron chi connectivity index (χ3n) is 3.50. The molecular formula is C13H17F3N2O. The minimum absolute atomic E-state index is 0.126. The van der Waals surface area contributed by atoms with Crippen molar-refractivity contribution in [3.63, 3.8) is 0 Å². The zero-order valence-corrected chi connectivity index (χ0v) is 10.5. The van der Waals surface area contributed by atoms with Crippen LogP contribution in [0, 0.1) is 5.92 Å². The molecule has 2 heterocycles. The van der Waals surface area contributed by atoms with Crippen molar-refractivity contribution in [2.75, 3.05) is 13.1 Å². The summed E-state index contributed by atoms with van der Waals surface area (Å²) >= 11 is 0. The average Bonchev–Trinajstić information content (AvgIpc) is 2.37. The first kappa shape index (κ1) is 14.1. The van der Waals surface area contributed by atoms with Crippen molar-refractivity contribution < 1.29 is 13.2 Å². The Morgan fingerprint density at radius 3 is 2.79 bits per heavy atom. The summed E-state index contributed by atoms with van der Waals surface area (Å²) in [5, 5.41) is 3.22. The molecule has 1 aromatic rings. The summed E-state index contributed by atoms with van der Waals surface area (Å²) < 4.78 is 39.3. The zero-order valence-electron chi connectivity index (χ0n) is 10.5. The Kier molecular flexibility index (Phi) is 4.29. The minimum atomic E-state index is -4.48. The van der Waals surface area contributed by atoms with E-state index in [1.165, 1.54) is 6.07 Å². The number of hydrogen-bond acceptors (Lipinski definition) is 2. The predicted molar refractivity (Wildman–Crippen MR) is 65.9 cm³/mol. The molecule has 0 amide bonds. The SMILES string of the molecule is O=c1cccc(C(F)(F)F)n1CCC1CCCNC1. The first-order valence-corrected chi connectivity index (χ1v) is 6.46. The summed E-state index contributed by atoms with van der Waals surface area (Å²) in [4.78, 5) is 11.6. The van der Waals surface area contributed by atoms with Crippen LogP contribution < -0.4 is 10.9 Å². The minimum Gasteiger partial charge on any atom is -0.316 e. The van der Waals surface area contributed by atoms with Gasteiger partial charge < -0.3 is 9.88 Å². The zero-order chi connectivity index (χ0) is 13.9. The van der Waals surface area contributed by atoms with Gasteiger partial charge in [0.25, 0.3) is 5.56 Å². The molecule has 2 rings (SSSR count). The van der Waals surface area contributed by atoms with Crippen molar-refractivity contribution in [2.24, 2.45) is 5.92 Å². The lowest BCUT2D eigenvalue weighted by Gasteiger charge is -2.23. The Morgan fingerprint density at radius 1 is 1.37 bits per heavy atom. The Hall–Kier alpha value is -1.30. The highest BCUT2D eigenvalue weighted by molar-refractivity contribution is 5.10. The third kappa shape index (κ3) is 3.59. The van der Waals surface area contributed by atoms with Crippen molar-refractivity contribution in [1.82, 2.24) is 9.88 Å². The lowest BCUT2D eigenvalue weighted by Crippen LogP contribution is -2.32. The van der Waals surface area contributed by atoms with Gasteiger partial charge in [0, 0.05) is 12.6 Å². The largest absolute Gasteiger partial charge is 0.431 e. The number of nitrogens with zero attached hydrogens (tertiary/aromatic N) is 1. The smallest absolute Gasteiger partial charge is 0.316 e. The summed E-state index contributed by atoms with van der Waals surface area (Å²) in [7, 11) is 0. The van der Waals surface area contributed by atoms with Crippen LogP contribution in [0.25, 0.3) is 0 Å². The number of pyridine rings is 1. The van der Waals surface area contributed by atoms with Gasteiger partial charge in [0.1, 0.15) is 5.69 Å². The van der Waals surface area contributed by atoms with Gasteiger partial charge in [-0.2, -0.15) is 13.2 Å². The van der Waals surface area contributed by atoms with Gasteiger partial charge in [-0.3, -0.25) is 4.79 Å². The molecule has 6 heteroatoms. The van der Waals surface area contributed by atoms with Gasteiger partial charge >= 0.3 is 6.18 Å². The van der Waals surface area contributed by atoms with Gasteiger partial charge in [0.15, 0.2) is 0 Å². The van der Waals surface area contributed by atoms with E-state index in [4.69, 9.17) is 0 Å². The van der Waals surface area contributed by atoms with E-state index in [9.17, 15) is 18.0 Å². The maximum atomic E-state index is 12.8. The average molecular weight is 274 g/mol. The summed E-state index contributed by atoms with van der Waals surface area (Å²) in [5.74, 6) is 0.349. The highest BCUT2D eigenvalue weighted by atomic mass is 19.4. The van der Waals surface area contributed by atoms with Gasteiger partial charge in [0.2, 0.25) is 0 Å². The van der Waals surface area contributed by atoms with E-state index in [-0.39, 0.29) is 6.54 Å². The van der Waals surface area contributed by atoms with E-state index in [0.717, 1.165) is 42.6 Å². The second-order valence-electron chi connectivity index (χ2n) is 4.90. The van der Waals surface area contributed by atoms with Crippen LogP contribution in [0.15, 0.2) is 23.0 Å². The standard InChI is InChI=1S/C13H17F3N2O/c14-13(15,16)11-4-1-5-12(19)18(11)8-6-10-3-2-7-17-9-10/h1,4-5,10,17H,2-3,6-9H2. The second kappa shape index (κ2) is 5.77. The third-order valence-corrected chi connectivity index (χ3v) is 3.50. The quantitative estimate of drug-likeness (QED) is 0.917. The van der Waals surface area contributed by atoms with E-state index in [1.54, 1.807) is 0 Å². The normalized spacial score (nSPS) is 20.5. The van der Waals surface area contributed by atoms with E-state index in [1.807, 2.05) is 0 Å². The highest BCUT2D eigenvalue weighted by Crippen LogP contribution is 2.28. The highest BCUT2D eigenvalue weighted by Gasteiger charge is 2.34. The number of nitrogens with one attached hydrogen (secondary N) is 1. The molecule has 0 spiro atoms. The van der Waals surface area contributed by atoms with Gasteiger partial charge in [0.05, 0.1) is 0 Å². The topological polar surface area (TPSA) is 34.0 Å². The molecule has 106 valence electrons. The van der Waals surface area contributed by atoms with Crippen molar-refractivity contribution in [3.05, 3.63) is 34.2 Å². The first-order valence-electron chi connectivity index (χ1n) is 6.46. The Bertz CT molecular complexity index is 476. The first-order chi connectivity index (χ1) is 8.98. The van der Waals surface area contributed by atoms with Crippen LogP contribution >= 0.6 is 0 Å². The molecule has 1 aliphatic heterocycles. The number of piperidine rings is 1. The molecule has 0 radical (unpaired) electrons. The molecular weight excluding hydrogens is 257 g/mol. The predicted octanol–water partition coefficient (Wildman–Crippen LogP) is 2.26. The lowest BCUT2D eigenvalue weighted by atomic mass is 9.96. The summed E-state index contributed by atoms with van der Waals surface area (Å²) in [6.45, 7) is 1.92. The van der Waals surface area contributed by atoms with E-state index in [2.05, 4.69) is 5.32 Å². The number of rotatable bonds is 3. The van der Waals surface area contributed by atoms with Crippen LogP contribution in [0.4, 0.5) is 13.2 Å². The van der Waals surface area contributed by atoms with Crippen LogP contribution in [-0.4, -0.2) is 17.7 Å². The molecule has 1 aliphatic rings. The number of alkyl halides is 3. The van der Waals surface area contributed by atoms with Crippen LogP contribution in [0.1, 0.15) is 25.0 Å². The fourth-order valence-electron chi connectivity index (χ4n) is 2.48. The van der Waals surface area contributed by atoms with Crippen molar-refractivity contribution in [1.29, 1.82) is 0 Å². The van der Waals surface area contributed by atoms with E-state index in [0.29, 0.717) is 12.3 Å². The summed E-state index contributed by atoms with van der Waals surface area (Å²) in [5.41, 5.74) is -1.44. The van der Waals surface area contributed by atoms with Crippen LogP contribution in [0.2, 0.25) is 0 Å². The number of halogens is 3. The molecule has 1 saturated heterocycles. The fourth-order valence-corrected chi connectivity index (χ4v) is 2.48. The molecule has 0 saturated carbocycles. The van der Waals surface area contributed by atoms with Crippen molar-refractivity contribution >= 4 is 0 Å². The number of aromatic nitrogens is 1. The maximum absolute atomic E-state index is 12.8. The summed E-state index contributed by atoms with van der Waals surface area (Å²) in [6.07, 6.45) is -1.83. The molecule has 0 aliphatic carbocycles. The Labute approximate surface area is 109 Å². The van der Waals surface area contributed by atoms with Crippen molar-refractivity contribution in [3.8, 4) is 0 Å².